The van der Waals surface area contributed by atoms with E-state index in [2.05, 4.69) is 6.92 Å². The molecule has 2 amide bonds. The molecule has 0 spiro atoms. The summed E-state index contributed by atoms with van der Waals surface area (Å²) in [5.74, 6) is -0.0476. The highest BCUT2D eigenvalue weighted by Gasteiger charge is 2.37. The Balaban J connectivity index is 2.18. The Labute approximate surface area is 126 Å². The van der Waals surface area contributed by atoms with Crippen LogP contribution in [0.15, 0.2) is 24.3 Å². The van der Waals surface area contributed by atoms with Crippen molar-refractivity contribution >= 4 is 17.5 Å². The van der Waals surface area contributed by atoms with Gasteiger partial charge in [-0.25, -0.2) is 0 Å². The van der Waals surface area contributed by atoms with Gasteiger partial charge in [0, 0.05) is 31.7 Å². The third-order valence-electron chi connectivity index (χ3n) is 4.21. The van der Waals surface area contributed by atoms with Gasteiger partial charge >= 0.3 is 0 Å². The predicted molar refractivity (Wildman–Crippen MR) is 84.2 cm³/mol. The molecule has 4 nitrogen and oxygen atoms in total. The van der Waals surface area contributed by atoms with E-state index in [9.17, 15) is 9.59 Å². The molecule has 0 radical (unpaired) electrons. The molecule has 0 bridgehead atoms. The zero-order valence-electron chi connectivity index (χ0n) is 13.1. The zero-order chi connectivity index (χ0) is 15.4. The fraction of sp³-hybridized carbons (Fsp3) is 0.529. The number of aryl methyl sites for hydroxylation is 1. The second-order valence-electron chi connectivity index (χ2n) is 5.40. The Kier molecular flexibility index (Phi) is 4.99. The van der Waals surface area contributed by atoms with Crippen molar-refractivity contribution in [3.05, 3.63) is 29.8 Å². The lowest BCUT2D eigenvalue weighted by Crippen LogP contribution is -2.37. The van der Waals surface area contributed by atoms with Gasteiger partial charge in [0.05, 0.1) is 5.92 Å². The Hall–Kier alpha value is -1.84. The fourth-order valence-electron chi connectivity index (χ4n) is 2.97. The fourth-order valence-corrected chi connectivity index (χ4v) is 2.97. The second kappa shape index (κ2) is 6.74. The van der Waals surface area contributed by atoms with Crippen molar-refractivity contribution in [1.29, 1.82) is 0 Å². The van der Waals surface area contributed by atoms with Crippen molar-refractivity contribution in [2.75, 3.05) is 24.5 Å². The van der Waals surface area contributed by atoms with Gasteiger partial charge in [-0.1, -0.05) is 25.1 Å². The predicted octanol–water partition coefficient (Wildman–Crippen LogP) is 2.47. The van der Waals surface area contributed by atoms with Gasteiger partial charge in [0.1, 0.15) is 0 Å². The van der Waals surface area contributed by atoms with E-state index in [4.69, 9.17) is 0 Å². The molecule has 1 aliphatic heterocycles. The van der Waals surface area contributed by atoms with Crippen molar-refractivity contribution < 1.29 is 9.59 Å². The van der Waals surface area contributed by atoms with Gasteiger partial charge in [0.25, 0.3) is 0 Å². The maximum atomic E-state index is 12.4. The lowest BCUT2D eigenvalue weighted by atomic mass is 10.1. The molecule has 1 aliphatic rings. The number of anilines is 1. The Morgan fingerprint density at radius 1 is 1.24 bits per heavy atom. The first kappa shape index (κ1) is 15.5. The van der Waals surface area contributed by atoms with Gasteiger partial charge in [-0.2, -0.15) is 0 Å². The number of carbonyl (C=O) groups is 2. The molecule has 0 aromatic heterocycles. The van der Waals surface area contributed by atoms with Crippen LogP contribution >= 0.6 is 0 Å². The van der Waals surface area contributed by atoms with Crippen LogP contribution in [0, 0.1) is 5.92 Å². The van der Waals surface area contributed by atoms with Gasteiger partial charge in [0.15, 0.2) is 0 Å². The number of amides is 2. The quantitative estimate of drug-likeness (QED) is 0.835. The largest absolute Gasteiger partial charge is 0.343 e. The molecule has 0 aliphatic carbocycles. The SMILES string of the molecule is CCc1ccccc1N1CC(C(=O)N(CC)CC)CC1=O. The van der Waals surface area contributed by atoms with Gasteiger partial charge in [0.2, 0.25) is 11.8 Å². The zero-order valence-corrected chi connectivity index (χ0v) is 13.1. The number of hydrogen-bond acceptors (Lipinski definition) is 2. The number of benzene rings is 1. The monoisotopic (exact) mass is 288 g/mol. The maximum Gasteiger partial charge on any atom is 0.227 e. The summed E-state index contributed by atoms with van der Waals surface area (Å²) in [7, 11) is 0. The summed E-state index contributed by atoms with van der Waals surface area (Å²) in [4.78, 5) is 28.3. The van der Waals surface area contributed by atoms with Gasteiger partial charge in [-0.3, -0.25) is 9.59 Å². The van der Waals surface area contributed by atoms with Crippen molar-refractivity contribution in [3.8, 4) is 0 Å². The molecule has 2 rings (SSSR count). The first-order valence-corrected chi connectivity index (χ1v) is 7.79. The minimum absolute atomic E-state index is 0.0569. The van der Waals surface area contributed by atoms with Crippen LogP contribution in [0.5, 0.6) is 0 Å². The molecule has 0 saturated carbocycles. The molecule has 1 atom stereocenters. The molecule has 1 saturated heterocycles. The van der Waals surface area contributed by atoms with E-state index in [-0.39, 0.29) is 17.7 Å². The van der Waals surface area contributed by atoms with E-state index in [0.717, 1.165) is 17.7 Å². The van der Waals surface area contributed by atoms with E-state index in [1.165, 1.54) is 0 Å². The van der Waals surface area contributed by atoms with Crippen molar-refractivity contribution in [2.45, 2.75) is 33.6 Å². The molecule has 4 heteroatoms. The van der Waals surface area contributed by atoms with Crippen LogP contribution in [-0.4, -0.2) is 36.3 Å². The molecule has 1 heterocycles. The minimum atomic E-state index is -0.206. The van der Waals surface area contributed by atoms with E-state index in [1.54, 1.807) is 4.90 Å². The first-order valence-electron chi connectivity index (χ1n) is 7.79. The summed E-state index contributed by atoms with van der Waals surface area (Å²) in [5, 5.41) is 0. The molecular formula is C17H24N2O2. The summed E-state index contributed by atoms with van der Waals surface area (Å²) in [5.41, 5.74) is 2.11. The molecule has 0 N–H and O–H groups in total. The van der Waals surface area contributed by atoms with Crippen LogP contribution in [0.3, 0.4) is 0 Å². The molecule has 1 unspecified atom stereocenters. The molecule has 114 valence electrons. The average molecular weight is 288 g/mol. The summed E-state index contributed by atoms with van der Waals surface area (Å²) in [6.45, 7) is 7.94. The van der Waals surface area contributed by atoms with Gasteiger partial charge in [-0.15, -0.1) is 0 Å². The smallest absolute Gasteiger partial charge is 0.227 e. The van der Waals surface area contributed by atoms with Crippen LogP contribution < -0.4 is 4.90 Å². The number of carbonyl (C=O) groups excluding carboxylic acids is 2. The van der Waals surface area contributed by atoms with E-state index in [1.807, 2.05) is 43.0 Å². The topological polar surface area (TPSA) is 40.6 Å². The standard InChI is InChI=1S/C17H24N2O2/c1-4-13-9-7-8-10-15(13)19-12-14(11-16(19)20)17(21)18(5-2)6-3/h7-10,14H,4-6,11-12H2,1-3H3. The highest BCUT2D eigenvalue weighted by Crippen LogP contribution is 2.29. The minimum Gasteiger partial charge on any atom is -0.343 e. The second-order valence-corrected chi connectivity index (χ2v) is 5.40. The summed E-state index contributed by atoms with van der Waals surface area (Å²) in [6, 6.07) is 7.95. The van der Waals surface area contributed by atoms with Crippen molar-refractivity contribution in [1.82, 2.24) is 4.90 Å². The van der Waals surface area contributed by atoms with Crippen LogP contribution in [0.4, 0.5) is 5.69 Å². The lowest BCUT2D eigenvalue weighted by molar-refractivity contribution is -0.135. The summed E-state index contributed by atoms with van der Waals surface area (Å²) < 4.78 is 0. The summed E-state index contributed by atoms with van der Waals surface area (Å²) in [6.07, 6.45) is 1.21. The Morgan fingerprint density at radius 3 is 2.52 bits per heavy atom. The number of rotatable bonds is 5. The molecule has 21 heavy (non-hydrogen) atoms. The van der Waals surface area contributed by atoms with Crippen LogP contribution in [0.25, 0.3) is 0 Å². The number of nitrogens with zero attached hydrogens (tertiary/aromatic N) is 2. The average Bonchev–Trinajstić information content (AvgIpc) is 2.90. The third-order valence-corrected chi connectivity index (χ3v) is 4.21. The molecule has 1 fully saturated rings. The normalized spacial score (nSPS) is 18.1. The van der Waals surface area contributed by atoms with Crippen molar-refractivity contribution in [2.24, 2.45) is 5.92 Å². The Morgan fingerprint density at radius 2 is 1.90 bits per heavy atom. The molecule has 1 aromatic rings. The maximum absolute atomic E-state index is 12.4. The van der Waals surface area contributed by atoms with Gasteiger partial charge < -0.3 is 9.80 Å². The highest BCUT2D eigenvalue weighted by atomic mass is 16.2. The van der Waals surface area contributed by atoms with E-state index in [0.29, 0.717) is 26.1 Å². The highest BCUT2D eigenvalue weighted by molar-refractivity contribution is 6.00. The van der Waals surface area contributed by atoms with E-state index < -0.39 is 0 Å². The summed E-state index contributed by atoms with van der Waals surface area (Å²) >= 11 is 0. The van der Waals surface area contributed by atoms with Gasteiger partial charge in [-0.05, 0) is 31.9 Å². The van der Waals surface area contributed by atoms with E-state index >= 15 is 0 Å². The molecule has 1 aromatic carbocycles. The van der Waals surface area contributed by atoms with Crippen LogP contribution in [-0.2, 0) is 16.0 Å². The van der Waals surface area contributed by atoms with Crippen LogP contribution in [0.1, 0.15) is 32.8 Å². The molecular weight excluding hydrogens is 264 g/mol. The van der Waals surface area contributed by atoms with Crippen LogP contribution in [0.2, 0.25) is 0 Å². The number of para-hydroxylation sites is 1. The first-order chi connectivity index (χ1) is 10.1. The van der Waals surface area contributed by atoms with Crippen molar-refractivity contribution in [3.63, 3.8) is 0 Å². The lowest BCUT2D eigenvalue weighted by Gasteiger charge is -2.23. The number of hydrogen-bond donors (Lipinski definition) is 0. The Bertz CT molecular complexity index is 523. The third kappa shape index (κ3) is 3.09.